The third-order valence-corrected chi connectivity index (χ3v) is 2.99. The predicted molar refractivity (Wildman–Crippen MR) is 78.1 cm³/mol. The van der Waals surface area contributed by atoms with E-state index >= 15 is 0 Å². The third-order valence-electron chi connectivity index (χ3n) is 2.99. The molecule has 0 atom stereocenters. The average molecular weight is 337 g/mol. The van der Waals surface area contributed by atoms with Crippen LogP contribution in [0, 0.1) is 12.7 Å². The highest BCUT2D eigenvalue weighted by molar-refractivity contribution is 5.82. The Bertz CT molecular complexity index is 701. The van der Waals surface area contributed by atoms with Gasteiger partial charge in [0, 0.05) is 6.54 Å². The molecule has 0 radical (unpaired) electrons. The fraction of sp³-hybridized carbons (Fsp3) is 0.333. The number of amides is 1. The molecule has 2 rings (SSSR count). The molecule has 0 aliphatic rings. The number of aliphatic carboxylic acids is 1. The standard InChI is InChI=1S/C15H16FN3O5/c1-10-17-13(24-18-10)8-23-9-14(20)19(7-15(21)22)6-11-2-4-12(16)5-3-11/h2-5H,6-9H2,1H3,(H,21,22). The van der Waals surface area contributed by atoms with E-state index in [1.54, 1.807) is 6.92 Å². The maximum atomic E-state index is 12.9. The van der Waals surface area contributed by atoms with Crippen LogP contribution in [0.3, 0.4) is 0 Å². The van der Waals surface area contributed by atoms with Crippen LogP contribution in [0.5, 0.6) is 0 Å². The van der Waals surface area contributed by atoms with Crippen LogP contribution in [0.1, 0.15) is 17.3 Å². The van der Waals surface area contributed by atoms with E-state index in [1.807, 2.05) is 0 Å². The van der Waals surface area contributed by atoms with E-state index in [9.17, 15) is 14.0 Å². The van der Waals surface area contributed by atoms with Gasteiger partial charge in [0.2, 0.25) is 5.91 Å². The van der Waals surface area contributed by atoms with Gasteiger partial charge in [0.25, 0.3) is 5.89 Å². The molecule has 0 saturated carbocycles. The number of carbonyl (C=O) groups is 2. The van der Waals surface area contributed by atoms with Gasteiger partial charge in [0.15, 0.2) is 5.82 Å². The average Bonchev–Trinajstić information content (AvgIpc) is 2.93. The van der Waals surface area contributed by atoms with Crippen molar-refractivity contribution in [2.24, 2.45) is 0 Å². The van der Waals surface area contributed by atoms with Crippen molar-refractivity contribution >= 4 is 11.9 Å². The van der Waals surface area contributed by atoms with Crippen LogP contribution in [0.2, 0.25) is 0 Å². The van der Waals surface area contributed by atoms with Gasteiger partial charge in [-0.2, -0.15) is 4.98 Å². The molecule has 1 aromatic carbocycles. The molecule has 0 spiro atoms. The molecular formula is C15H16FN3O5. The number of aryl methyl sites for hydroxylation is 1. The molecule has 24 heavy (non-hydrogen) atoms. The van der Waals surface area contributed by atoms with Crippen molar-refractivity contribution in [1.29, 1.82) is 0 Å². The van der Waals surface area contributed by atoms with E-state index in [2.05, 4.69) is 10.1 Å². The maximum absolute atomic E-state index is 12.9. The summed E-state index contributed by atoms with van der Waals surface area (Å²) in [4.78, 5) is 28.1. The zero-order valence-corrected chi connectivity index (χ0v) is 12.9. The molecule has 1 N–H and O–H groups in total. The Hall–Kier alpha value is -2.81. The van der Waals surface area contributed by atoms with E-state index < -0.39 is 24.2 Å². The second-order valence-corrected chi connectivity index (χ2v) is 5.00. The molecule has 9 heteroatoms. The summed E-state index contributed by atoms with van der Waals surface area (Å²) in [5.74, 6) is -1.41. The molecule has 8 nitrogen and oxygen atoms in total. The number of nitrogens with zero attached hydrogens (tertiary/aromatic N) is 3. The van der Waals surface area contributed by atoms with Crippen molar-refractivity contribution in [3.63, 3.8) is 0 Å². The van der Waals surface area contributed by atoms with Crippen molar-refractivity contribution < 1.29 is 28.3 Å². The first-order chi connectivity index (χ1) is 11.4. The summed E-state index contributed by atoms with van der Waals surface area (Å²) < 4.78 is 22.9. The monoisotopic (exact) mass is 337 g/mol. The van der Waals surface area contributed by atoms with Crippen LogP contribution in [0.4, 0.5) is 4.39 Å². The highest BCUT2D eigenvalue weighted by atomic mass is 19.1. The smallest absolute Gasteiger partial charge is 0.323 e. The Balaban J connectivity index is 1.91. The second kappa shape index (κ2) is 8.16. The van der Waals surface area contributed by atoms with Crippen LogP contribution in [0.15, 0.2) is 28.8 Å². The third kappa shape index (κ3) is 5.43. The van der Waals surface area contributed by atoms with Crippen LogP contribution in [-0.4, -0.2) is 45.2 Å². The Morgan fingerprint density at radius 3 is 2.62 bits per heavy atom. The number of ether oxygens (including phenoxy) is 1. The first kappa shape index (κ1) is 17.5. The van der Waals surface area contributed by atoms with E-state index in [4.69, 9.17) is 14.4 Å². The molecule has 0 bridgehead atoms. The number of carboxylic acid groups (broad SMARTS) is 1. The number of halogens is 1. The largest absolute Gasteiger partial charge is 0.480 e. The van der Waals surface area contributed by atoms with Gasteiger partial charge in [-0.15, -0.1) is 0 Å². The summed E-state index contributed by atoms with van der Waals surface area (Å²) in [7, 11) is 0. The Morgan fingerprint density at radius 1 is 1.33 bits per heavy atom. The lowest BCUT2D eigenvalue weighted by atomic mass is 10.2. The molecule has 0 aliphatic carbocycles. The normalized spacial score (nSPS) is 10.6. The number of rotatable bonds is 8. The van der Waals surface area contributed by atoms with Crippen molar-refractivity contribution in [3.8, 4) is 0 Å². The number of aromatic nitrogens is 2. The molecule has 0 saturated heterocycles. The zero-order valence-electron chi connectivity index (χ0n) is 12.9. The van der Waals surface area contributed by atoms with Crippen molar-refractivity contribution in [1.82, 2.24) is 15.0 Å². The minimum Gasteiger partial charge on any atom is -0.480 e. The number of hydrogen-bond acceptors (Lipinski definition) is 6. The summed E-state index contributed by atoms with van der Waals surface area (Å²) in [6.07, 6.45) is 0. The highest BCUT2D eigenvalue weighted by Gasteiger charge is 2.18. The van der Waals surface area contributed by atoms with Gasteiger partial charge < -0.3 is 19.3 Å². The Kier molecular flexibility index (Phi) is 5.96. The van der Waals surface area contributed by atoms with Gasteiger partial charge in [-0.05, 0) is 24.6 Å². The van der Waals surface area contributed by atoms with E-state index in [1.165, 1.54) is 24.3 Å². The summed E-state index contributed by atoms with van der Waals surface area (Å²) >= 11 is 0. The van der Waals surface area contributed by atoms with Gasteiger partial charge >= 0.3 is 5.97 Å². The fourth-order valence-corrected chi connectivity index (χ4v) is 1.92. The van der Waals surface area contributed by atoms with E-state index in [0.717, 1.165) is 4.90 Å². The van der Waals surface area contributed by atoms with Crippen LogP contribution in [0.25, 0.3) is 0 Å². The van der Waals surface area contributed by atoms with Gasteiger partial charge in [-0.1, -0.05) is 17.3 Å². The minimum absolute atomic E-state index is 0.0361. The highest BCUT2D eigenvalue weighted by Crippen LogP contribution is 2.08. The number of benzene rings is 1. The number of hydrogen-bond donors (Lipinski definition) is 1. The molecule has 1 amide bonds. The van der Waals surface area contributed by atoms with Gasteiger partial charge in [-0.25, -0.2) is 4.39 Å². The summed E-state index contributed by atoms with van der Waals surface area (Å²) in [6, 6.07) is 5.46. The maximum Gasteiger partial charge on any atom is 0.323 e. The number of carboxylic acids is 1. The summed E-state index contributed by atoms with van der Waals surface area (Å²) in [6.45, 7) is 0.809. The van der Waals surface area contributed by atoms with Gasteiger partial charge in [0.05, 0.1) is 0 Å². The molecule has 0 unspecified atom stereocenters. The minimum atomic E-state index is -1.15. The molecule has 0 aliphatic heterocycles. The van der Waals surface area contributed by atoms with Gasteiger partial charge in [-0.3, -0.25) is 9.59 Å². The van der Waals surface area contributed by atoms with Crippen LogP contribution >= 0.6 is 0 Å². The predicted octanol–water partition coefficient (Wildman–Crippen LogP) is 1.15. The van der Waals surface area contributed by atoms with Crippen molar-refractivity contribution in [2.45, 2.75) is 20.1 Å². The quantitative estimate of drug-likeness (QED) is 0.770. The van der Waals surface area contributed by atoms with Crippen molar-refractivity contribution in [2.75, 3.05) is 13.2 Å². The Labute approximate surface area is 136 Å². The van der Waals surface area contributed by atoms with E-state index in [-0.39, 0.29) is 25.6 Å². The first-order valence-electron chi connectivity index (χ1n) is 7.05. The lowest BCUT2D eigenvalue weighted by molar-refractivity contribution is -0.147. The van der Waals surface area contributed by atoms with Crippen LogP contribution < -0.4 is 0 Å². The molecule has 128 valence electrons. The van der Waals surface area contributed by atoms with Crippen LogP contribution in [-0.2, 0) is 27.5 Å². The molecular weight excluding hydrogens is 321 g/mol. The SMILES string of the molecule is Cc1noc(COCC(=O)N(CC(=O)O)Cc2ccc(F)cc2)n1. The molecule has 1 heterocycles. The fourth-order valence-electron chi connectivity index (χ4n) is 1.92. The lowest BCUT2D eigenvalue weighted by Crippen LogP contribution is -2.37. The molecule has 1 aromatic heterocycles. The topological polar surface area (TPSA) is 106 Å². The first-order valence-corrected chi connectivity index (χ1v) is 7.05. The molecule has 0 fully saturated rings. The lowest BCUT2D eigenvalue weighted by Gasteiger charge is -2.20. The van der Waals surface area contributed by atoms with Crippen molar-refractivity contribution in [3.05, 3.63) is 47.4 Å². The zero-order chi connectivity index (χ0) is 17.5. The summed E-state index contributed by atoms with van der Waals surface area (Å²) in [5.41, 5.74) is 0.610. The Morgan fingerprint density at radius 2 is 2.04 bits per heavy atom. The van der Waals surface area contributed by atoms with E-state index in [0.29, 0.717) is 11.4 Å². The second-order valence-electron chi connectivity index (χ2n) is 5.00. The number of carbonyl (C=O) groups excluding carboxylic acids is 1. The summed E-state index contributed by atoms with van der Waals surface area (Å²) in [5, 5.41) is 12.5. The van der Waals surface area contributed by atoms with Gasteiger partial charge in [0.1, 0.15) is 25.6 Å². The molecule has 2 aromatic rings.